The predicted octanol–water partition coefficient (Wildman–Crippen LogP) is 1.55. The molecule has 0 fully saturated rings. The van der Waals surface area contributed by atoms with Crippen LogP contribution in [0.3, 0.4) is 0 Å². The first-order valence-corrected chi connectivity index (χ1v) is 8.26. The summed E-state index contributed by atoms with van der Waals surface area (Å²) in [7, 11) is 1.25. The van der Waals surface area contributed by atoms with Gasteiger partial charge in [0.25, 0.3) is 5.56 Å². The van der Waals surface area contributed by atoms with Crippen LogP contribution in [0.2, 0.25) is 0 Å². The molecule has 2 aromatic rings. The summed E-state index contributed by atoms with van der Waals surface area (Å²) in [5.74, 6) is -1.14. The topological polar surface area (TPSA) is 90.3 Å². The van der Waals surface area contributed by atoms with Gasteiger partial charge in [-0.05, 0) is 37.5 Å². The van der Waals surface area contributed by atoms with Crippen LogP contribution in [-0.2, 0) is 20.9 Å². The number of amides is 1. The molecule has 1 unspecified atom stereocenters. The molecule has 7 nitrogen and oxygen atoms in total. The van der Waals surface area contributed by atoms with Gasteiger partial charge in [0, 0.05) is 0 Å². The largest absolute Gasteiger partial charge is 0.467 e. The second-order valence-electron chi connectivity index (χ2n) is 6.48. The molecule has 1 amide bonds. The summed E-state index contributed by atoms with van der Waals surface area (Å²) in [6.45, 7) is 5.09. The number of hydrogen-bond donors (Lipinski definition) is 1. The van der Waals surface area contributed by atoms with Crippen LogP contribution in [0.4, 0.5) is 4.39 Å². The fourth-order valence-corrected chi connectivity index (χ4v) is 2.70. The minimum Gasteiger partial charge on any atom is -0.467 e. The molecule has 2 rings (SSSR count). The number of ether oxygens (including phenoxy) is 1. The molecular weight excluding hydrogens is 341 g/mol. The van der Waals surface area contributed by atoms with E-state index in [1.54, 1.807) is 6.92 Å². The van der Waals surface area contributed by atoms with Crippen LogP contribution in [0.25, 0.3) is 10.9 Å². The van der Waals surface area contributed by atoms with Crippen molar-refractivity contribution in [3.05, 3.63) is 40.2 Å². The molecule has 1 heterocycles. The third kappa shape index (κ3) is 4.44. The van der Waals surface area contributed by atoms with Crippen molar-refractivity contribution in [3.63, 3.8) is 0 Å². The van der Waals surface area contributed by atoms with Gasteiger partial charge in [-0.15, -0.1) is 0 Å². The van der Waals surface area contributed by atoms with Crippen LogP contribution < -0.4 is 10.9 Å². The van der Waals surface area contributed by atoms with Crippen molar-refractivity contribution in [2.45, 2.75) is 39.8 Å². The first-order valence-electron chi connectivity index (χ1n) is 8.26. The molecule has 1 aromatic carbocycles. The molecule has 26 heavy (non-hydrogen) atoms. The Morgan fingerprint density at radius 2 is 2.04 bits per heavy atom. The van der Waals surface area contributed by atoms with Gasteiger partial charge < -0.3 is 10.1 Å². The molecule has 1 N–H and O–H groups in total. The van der Waals surface area contributed by atoms with Gasteiger partial charge >= 0.3 is 5.97 Å². The van der Waals surface area contributed by atoms with Crippen molar-refractivity contribution >= 4 is 22.8 Å². The molecule has 1 aromatic heterocycles. The third-order valence-corrected chi connectivity index (χ3v) is 3.94. The second kappa shape index (κ2) is 8.07. The van der Waals surface area contributed by atoms with Crippen molar-refractivity contribution in [3.8, 4) is 0 Å². The number of benzene rings is 1. The lowest BCUT2D eigenvalue weighted by Crippen LogP contribution is -2.45. The number of methoxy groups -OCH3 is 1. The maximum atomic E-state index is 13.4. The molecule has 140 valence electrons. The van der Waals surface area contributed by atoms with Crippen LogP contribution in [-0.4, -0.2) is 34.6 Å². The quantitative estimate of drug-likeness (QED) is 0.787. The summed E-state index contributed by atoms with van der Waals surface area (Å²) in [4.78, 5) is 41.0. The number of fused-ring (bicyclic) bond motifs is 1. The Morgan fingerprint density at radius 1 is 1.35 bits per heavy atom. The molecule has 1 atom stereocenters. The van der Waals surface area contributed by atoms with Crippen molar-refractivity contribution in [2.24, 2.45) is 5.92 Å². The molecular formula is C18H22FN3O4. The average Bonchev–Trinajstić information content (AvgIpc) is 2.57. The first kappa shape index (κ1) is 19.6. The van der Waals surface area contributed by atoms with Gasteiger partial charge in [-0.3, -0.25) is 14.2 Å². The number of carbonyl (C=O) groups is 2. The lowest BCUT2D eigenvalue weighted by Gasteiger charge is -2.19. The Bertz CT molecular complexity index is 892. The van der Waals surface area contributed by atoms with Crippen molar-refractivity contribution in [1.29, 1.82) is 0 Å². The lowest BCUT2D eigenvalue weighted by atomic mass is 10.0. The van der Waals surface area contributed by atoms with Gasteiger partial charge in [0.15, 0.2) is 0 Å². The maximum Gasteiger partial charge on any atom is 0.328 e. The van der Waals surface area contributed by atoms with Gasteiger partial charge in [0.2, 0.25) is 5.91 Å². The summed E-state index contributed by atoms with van der Waals surface area (Å²) in [5, 5.41) is 2.68. The van der Waals surface area contributed by atoms with Crippen LogP contribution >= 0.6 is 0 Å². The smallest absolute Gasteiger partial charge is 0.328 e. The number of nitrogens with zero attached hydrogens (tertiary/aromatic N) is 2. The van der Waals surface area contributed by atoms with Crippen molar-refractivity contribution in [1.82, 2.24) is 14.9 Å². The number of nitrogens with one attached hydrogen (secondary N) is 1. The number of aryl methyl sites for hydroxylation is 1. The van der Waals surface area contributed by atoms with E-state index in [1.807, 2.05) is 13.8 Å². The van der Waals surface area contributed by atoms with Crippen LogP contribution in [0, 0.1) is 18.7 Å². The molecule has 0 radical (unpaired) electrons. The number of aromatic nitrogens is 2. The second-order valence-corrected chi connectivity index (χ2v) is 6.48. The molecule has 0 aliphatic rings. The van der Waals surface area contributed by atoms with E-state index in [4.69, 9.17) is 4.74 Å². The van der Waals surface area contributed by atoms with Gasteiger partial charge in [-0.2, -0.15) is 0 Å². The van der Waals surface area contributed by atoms with Gasteiger partial charge in [0.05, 0.1) is 18.0 Å². The number of hydrogen-bond acceptors (Lipinski definition) is 5. The van der Waals surface area contributed by atoms with E-state index in [-0.39, 0.29) is 17.8 Å². The number of esters is 1. The van der Waals surface area contributed by atoms with Crippen LogP contribution in [0.5, 0.6) is 0 Å². The predicted molar refractivity (Wildman–Crippen MR) is 94.1 cm³/mol. The Balaban J connectivity index is 2.28. The highest BCUT2D eigenvalue weighted by molar-refractivity contribution is 5.84. The SMILES string of the molecule is COC(=O)C(CC(C)C)NC(=O)Cn1c(C)nc2ccc(F)cc2c1=O. The molecule has 8 heteroatoms. The fourth-order valence-electron chi connectivity index (χ4n) is 2.70. The highest BCUT2D eigenvalue weighted by atomic mass is 19.1. The first-order chi connectivity index (χ1) is 12.2. The van der Waals surface area contributed by atoms with Crippen molar-refractivity contribution < 1.29 is 18.7 Å². The maximum absolute atomic E-state index is 13.4. The highest BCUT2D eigenvalue weighted by Crippen LogP contribution is 2.11. The standard InChI is InChI=1S/C18H22FN3O4/c1-10(2)7-15(18(25)26-4)21-16(23)9-22-11(3)20-14-6-5-12(19)8-13(14)17(22)24/h5-6,8,10,15H,7,9H2,1-4H3,(H,21,23). The Kier molecular flexibility index (Phi) is 6.07. The van der Waals surface area contributed by atoms with E-state index in [0.717, 1.165) is 10.6 Å². The number of carbonyl (C=O) groups excluding carboxylic acids is 2. The zero-order chi connectivity index (χ0) is 19.4. The highest BCUT2D eigenvalue weighted by Gasteiger charge is 2.23. The van der Waals surface area contributed by atoms with E-state index < -0.39 is 29.3 Å². The third-order valence-electron chi connectivity index (χ3n) is 3.94. The van der Waals surface area contributed by atoms with Gasteiger partial charge in [-0.25, -0.2) is 14.2 Å². The summed E-state index contributed by atoms with van der Waals surface area (Å²) in [6.07, 6.45) is 0.410. The Labute approximate surface area is 150 Å². The lowest BCUT2D eigenvalue weighted by molar-refractivity contribution is -0.145. The molecule has 0 bridgehead atoms. The van der Waals surface area contributed by atoms with Crippen LogP contribution in [0.15, 0.2) is 23.0 Å². The number of rotatable bonds is 6. The van der Waals surface area contributed by atoms with Gasteiger partial charge in [0.1, 0.15) is 24.2 Å². The van der Waals surface area contributed by atoms with Crippen LogP contribution in [0.1, 0.15) is 26.1 Å². The molecule has 0 aliphatic carbocycles. The molecule has 0 saturated carbocycles. The normalized spacial score (nSPS) is 12.2. The van der Waals surface area contributed by atoms with E-state index in [2.05, 4.69) is 10.3 Å². The monoisotopic (exact) mass is 363 g/mol. The average molecular weight is 363 g/mol. The summed E-state index contributed by atoms with van der Waals surface area (Å²) in [6, 6.07) is 2.93. The Morgan fingerprint density at radius 3 is 2.65 bits per heavy atom. The Hall–Kier alpha value is -2.77. The molecule has 0 saturated heterocycles. The minimum absolute atomic E-state index is 0.0927. The zero-order valence-electron chi connectivity index (χ0n) is 15.2. The zero-order valence-corrected chi connectivity index (χ0v) is 15.2. The summed E-state index contributed by atoms with van der Waals surface area (Å²) < 4.78 is 19.3. The van der Waals surface area contributed by atoms with Crippen molar-refractivity contribution in [2.75, 3.05) is 7.11 Å². The van der Waals surface area contributed by atoms with E-state index in [9.17, 15) is 18.8 Å². The summed E-state index contributed by atoms with van der Waals surface area (Å²) in [5.41, 5.74) is -0.154. The number of halogens is 1. The fraction of sp³-hybridized carbons (Fsp3) is 0.444. The van der Waals surface area contributed by atoms with E-state index in [0.29, 0.717) is 17.8 Å². The summed E-state index contributed by atoms with van der Waals surface area (Å²) >= 11 is 0. The van der Waals surface area contributed by atoms with E-state index >= 15 is 0 Å². The van der Waals surface area contributed by atoms with Gasteiger partial charge in [-0.1, -0.05) is 13.8 Å². The van der Waals surface area contributed by atoms with E-state index in [1.165, 1.54) is 19.2 Å². The minimum atomic E-state index is -0.797. The molecule has 0 spiro atoms. The molecule has 0 aliphatic heterocycles.